The van der Waals surface area contributed by atoms with Gasteiger partial charge in [0.2, 0.25) is 0 Å². The van der Waals surface area contributed by atoms with Crippen LogP contribution in [0.5, 0.6) is 0 Å². The van der Waals surface area contributed by atoms with E-state index in [1.807, 2.05) is 60.7 Å². The predicted molar refractivity (Wildman–Crippen MR) is 92.7 cm³/mol. The maximum atomic E-state index is 12.1. The Morgan fingerprint density at radius 3 is 2.18 bits per heavy atom. The third-order valence-electron chi connectivity index (χ3n) is 3.30. The van der Waals surface area contributed by atoms with Crippen LogP contribution in [-0.2, 0) is 0 Å². The van der Waals surface area contributed by atoms with Crippen LogP contribution in [0.4, 0.5) is 0 Å². The number of allylic oxidation sites excluding steroid dienone is 2. The van der Waals surface area contributed by atoms with Crippen LogP contribution in [0.1, 0.15) is 10.4 Å². The number of rotatable bonds is 6. The maximum Gasteiger partial charge on any atom is 0.251 e. The van der Waals surface area contributed by atoms with E-state index < -0.39 is 0 Å². The molecule has 2 rings (SSSR count). The van der Waals surface area contributed by atoms with Gasteiger partial charge in [-0.25, -0.2) is 0 Å². The molecule has 0 saturated heterocycles. The smallest absolute Gasteiger partial charge is 0.251 e. The first-order chi connectivity index (χ1) is 10.7. The molecule has 0 unspecified atom stereocenters. The van der Waals surface area contributed by atoms with Crippen molar-refractivity contribution in [2.45, 2.75) is 0 Å². The van der Waals surface area contributed by atoms with Crippen molar-refractivity contribution in [2.75, 3.05) is 6.54 Å². The van der Waals surface area contributed by atoms with Crippen molar-refractivity contribution in [2.24, 2.45) is 0 Å². The molecule has 0 aliphatic heterocycles. The Bertz CT molecular complexity index is 681. The van der Waals surface area contributed by atoms with E-state index in [1.165, 1.54) is 0 Å². The molecule has 2 aromatic rings. The fraction of sp³-hybridized carbons (Fsp3) is 0.0500. The molecule has 2 heteroatoms. The lowest BCUT2D eigenvalue weighted by Crippen LogP contribution is -2.25. The Morgan fingerprint density at radius 1 is 0.955 bits per heavy atom. The Balaban J connectivity index is 2.04. The average Bonchev–Trinajstić information content (AvgIpc) is 2.59. The van der Waals surface area contributed by atoms with E-state index in [4.69, 9.17) is 0 Å². The number of benzene rings is 2. The van der Waals surface area contributed by atoms with E-state index in [2.05, 4.69) is 18.5 Å². The lowest BCUT2D eigenvalue weighted by atomic mass is 10.0. The maximum absolute atomic E-state index is 12.1. The van der Waals surface area contributed by atoms with Crippen molar-refractivity contribution in [3.05, 3.63) is 97.1 Å². The number of hydrogen-bond acceptors (Lipinski definition) is 1. The zero-order chi connectivity index (χ0) is 15.8. The zero-order valence-electron chi connectivity index (χ0n) is 12.5. The molecule has 0 aliphatic rings. The van der Waals surface area contributed by atoms with E-state index in [1.54, 1.807) is 12.2 Å². The van der Waals surface area contributed by atoms with Gasteiger partial charge in [0.1, 0.15) is 0 Å². The minimum absolute atomic E-state index is 0.101. The highest BCUT2D eigenvalue weighted by molar-refractivity contribution is 5.94. The normalized spacial score (nSPS) is 10.8. The second kappa shape index (κ2) is 7.79. The number of hydrogen-bond donors (Lipinski definition) is 1. The van der Waals surface area contributed by atoms with Gasteiger partial charge in [0.15, 0.2) is 0 Å². The molecule has 0 fully saturated rings. The molecule has 0 radical (unpaired) electrons. The molecule has 1 N–H and O–H groups in total. The molecule has 0 aromatic heterocycles. The molecule has 0 saturated carbocycles. The topological polar surface area (TPSA) is 29.1 Å². The summed E-state index contributed by atoms with van der Waals surface area (Å²) in [6.45, 7) is 7.78. The van der Waals surface area contributed by atoms with Crippen molar-refractivity contribution in [3.8, 4) is 11.1 Å². The van der Waals surface area contributed by atoms with Crippen LogP contribution in [-0.4, -0.2) is 12.5 Å². The van der Waals surface area contributed by atoms with Crippen LogP contribution in [0.3, 0.4) is 0 Å². The molecule has 0 atom stereocenters. The summed E-state index contributed by atoms with van der Waals surface area (Å²) in [6, 6.07) is 17.7. The van der Waals surface area contributed by atoms with Crippen molar-refractivity contribution in [3.63, 3.8) is 0 Å². The van der Waals surface area contributed by atoms with Gasteiger partial charge in [0.05, 0.1) is 0 Å². The van der Waals surface area contributed by atoms with E-state index in [0.717, 1.165) is 16.7 Å². The Morgan fingerprint density at radius 2 is 1.59 bits per heavy atom. The summed E-state index contributed by atoms with van der Waals surface area (Å²) in [5.41, 5.74) is 3.79. The molecule has 2 nitrogen and oxygen atoms in total. The van der Waals surface area contributed by atoms with E-state index in [9.17, 15) is 4.79 Å². The minimum Gasteiger partial charge on any atom is -0.348 e. The van der Waals surface area contributed by atoms with Crippen LogP contribution in [0.25, 0.3) is 11.1 Å². The molecule has 0 heterocycles. The van der Waals surface area contributed by atoms with Gasteiger partial charge in [0, 0.05) is 12.1 Å². The molecular weight excluding hydrogens is 270 g/mol. The summed E-state index contributed by atoms with van der Waals surface area (Å²) >= 11 is 0. The number of carbonyl (C=O) groups excluding carboxylic acids is 1. The Hall–Kier alpha value is -2.87. The molecule has 22 heavy (non-hydrogen) atoms. The molecule has 0 aliphatic carbocycles. The van der Waals surface area contributed by atoms with Crippen LogP contribution < -0.4 is 5.32 Å². The third-order valence-corrected chi connectivity index (χ3v) is 3.30. The average molecular weight is 289 g/mol. The highest BCUT2D eigenvalue weighted by Crippen LogP contribution is 2.19. The quantitative estimate of drug-likeness (QED) is 0.785. The molecule has 110 valence electrons. The largest absolute Gasteiger partial charge is 0.348 e. The summed E-state index contributed by atoms with van der Waals surface area (Å²) < 4.78 is 0. The Labute approximate surface area is 131 Å². The Kier molecular flexibility index (Phi) is 5.50. The molecule has 2 aromatic carbocycles. The van der Waals surface area contributed by atoms with Crippen molar-refractivity contribution < 1.29 is 4.79 Å². The fourth-order valence-electron chi connectivity index (χ4n) is 2.08. The van der Waals surface area contributed by atoms with Gasteiger partial charge >= 0.3 is 0 Å². The van der Waals surface area contributed by atoms with Crippen molar-refractivity contribution in [1.82, 2.24) is 5.32 Å². The lowest BCUT2D eigenvalue weighted by molar-refractivity contribution is 0.0957. The van der Waals surface area contributed by atoms with Gasteiger partial charge in [-0.1, -0.05) is 73.9 Å². The SMILES string of the molecule is C=C/C=C(\C=C)CNC(=O)c1ccc(-c2ccccc2)cc1. The van der Waals surface area contributed by atoms with E-state index in [-0.39, 0.29) is 5.91 Å². The van der Waals surface area contributed by atoms with Crippen molar-refractivity contribution >= 4 is 5.91 Å². The van der Waals surface area contributed by atoms with Crippen molar-refractivity contribution in [1.29, 1.82) is 0 Å². The van der Waals surface area contributed by atoms with Gasteiger partial charge in [-0.3, -0.25) is 4.79 Å². The number of amides is 1. The van der Waals surface area contributed by atoms with Crippen LogP contribution >= 0.6 is 0 Å². The van der Waals surface area contributed by atoms with Gasteiger partial charge in [0.25, 0.3) is 5.91 Å². The molecule has 1 amide bonds. The summed E-state index contributed by atoms with van der Waals surface area (Å²) in [4.78, 5) is 12.1. The standard InChI is InChI=1S/C20H19NO/c1-3-8-16(4-2)15-21-20(22)19-13-11-18(12-14-19)17-9-6-5-7-10-17/h3-14H,1-2,15H2,(H,21,22)/b16-8+. The van der Waals surface area contributed by atoms with Crippen LogP contribution in [0.15, 0.2) is 91.6 Å². The van der Waals surface area contributed by atoms with E-state index in [0.29, 0.717) is 12.1 Å². The fourth-order valence-corrected chi connectivity index (χ4v) is 2.08. The van der Waals surface area contributed by atoms with Crippen LogP contribution in [0.2, 0.25) is 0 Å². The number of carbonyl (C=O) groups is 1. The van der Waals surface area contributed by atoms with Crippen LogP contribution in [0, 0.1) is 0 Å². The predicted octanol–water partition coefficient (Wildman–Crippen LogP) is 4.38. The molecule has 0 bridgehead atoms. The first-order valence-corrected chi connectivity index (χ1v) is 7.12. The second-order valence-electron chi connectivity index (χ2n) is 4.81. The molecule has 0 spiro atoms. The zero-order valence-corrected chi connectivity index (χ0v) is 12.5. The second-order valence-corrected chi connectivity index (χ2v) is 4.81. The molecular formula is C20H19NO. The summed E-state index contributed by atoms with van der Waals surface area (Å²) in [5.74, 6) is -0.101. The van der Waals surface area contributed by atoms with E-state index >= 15 is 0 Å². The van der Waals surface area contributed by atoms with Gasteiger partial charge < -0.3 is 5.32 Å². The minimum atomic E-state index is -0.101. The lowest BCUT2D eigenvalue weighted by Gasteiger charge is -2.07. The first kappa shape index (κ1) is 15.5. The number of nitrogens with one attached hydrogen (secondary N) is 1. The van der Waals surface area contributed by atoms with Gasteiger partial charge in [-0.05, 0) is 28.8 Å². The monoisotopic (exact) mass is 289 g/mol. The third kappa shape index (κ3) is 4.06. The van der Waals surface area contributed by atoms with Gasteiger partial charge in [-0.15, -0.1) is 0 Å². The summed E-state index contributed by atoms with van der Waals surface area (Å²) in [6.07, 6.45) is 5.21. The van der Waals surface area contributed by atoms with Gasteiger partial charge in [-0.2, -0.15) is 0 Å². The highest BCUT2D eigenvalue weighted by atomic mass is 16.1. The summed E-state index contributed by atoms with van der Waals surface area (Å²) in [5, 5.41) is 2.87. The highest BCUT2D eigenvalue weighted by Gasteiger charge is 2.05. The summed E-state index contributed by atoms with van der Waals surface area (Å²) in [7, 11) is 0. The first-order valence-electron chi connectivity index (χ1n) is 7.12.